The van der Waals surface area contributed by atoms with Gasteiger partial charge in [0.2, 0.25) is 0 Å². The van der Waals surface area contributed by atoms with Crippen LogP contribution in [0.1, 0.15) is 18.4 Å². The van der Waals surface area contributed by atoms with Crippen LogP contribution >= 0.6 is 0 Å². The van der Waals surface area contributed by atoms with E-state index in [0.29, 0.717) is 18.2 Å². The van der Waals surface area contributed by atoms with Gasteiger partial charge in [-0.2, -0.15) is 0 Å². The first-order valence-corrected chi connectivity index (χ1v) is 8.62. The van der Waals surface area contributed by atoms with Crippen LogP contribution in [0.3, 0.4) is 0 Å². The zero-order valence-electron chi connectivity index (χ0n) is 13.8. The minimum absolute atomic E-state index is 0.0443. The third-order valence-corrected chi connectivity index (χ3v) is 4.70. The topological polar surface area (TPSA) is 33.5 Å². The summed E-state index contributed by atoms with van der Waals surface area (Å²) in [6.07, 6.45) is 3.43. The van der Waals surface area contributed by atoms with Crippen molar-refractivity contribution in [2.24, 2.45) is 5.92 Å². The number of likely N-dealkylation sites (tertiary alicyclic amines) is 1. The number of rotatable bonds is 5. The second kappa shape index (κ2) is 8.06. The van der Waals surface area contributed by atoms with E-state index in [2.05, 4.69) is 29.6 Å². The maximum atomic E-state index is 13.1. The molecule has 0 spiro atoms. The summed E-state index contributed by atoms with van der Waals surface area (Å²) in [5.74, 6) is 0.335. The Morgan fingerprint density at radius 1 is 1.08 bits per heavy atom. The number of piperidine rings is 1. The SMILES string of the molecule is O=C(C[NH+]1CCC(Cc2ccccc2)CC1)Nc1cccc(F)c1. The van der Waals surface area contributed by atoms with Crippen molar-refractivity contribution in [1.82, 2.24) is 0 Å². The van der Waals surface area contributed by atoms with Gasteiger partial charge in [-0.05, 0) is 48.9 Å². The lowest BCUT2D eigenvalue weighted by atomic mass is 9.90. The fraction of sp³-hybridized carbons (Fsp3) is 0.350. The molecule has 3 rings (SSSR count). The summed E-state index contributed by atoms with van der Waals surface area (Å²) in [7, 11) is 0. The van der Waals surface area contributed by atoms with Gasteiger partial charge in [0.25, 0.3) is 5.91 Å². The molecule has 24 heavy (non-hydrogen) atoms. The van der Waals surface area contributed by atoms with Gasteiger partial charge in [0.15, 0.2) is 6.54 Å². The number of carbonyl (C=O) groups is 1. The van der Waals surface area contributed by atoms with Crippen molar-refractivity contribution in [3.63, 3.8) is 0 Å². The Bertz CT molecular complexity index is 666. The molecule has 1 saturated heterocycles. The minimum atomic E-state index is -0.332. The predicted octanol–water partition coefficient (Wildman–Crippen LogP) is 2.30. The van der Waals surface area contributed by atoms with Gasteiger partial charge < -0.3 is 10.2 Å². The second-order valence-electron chi connectivity index (χ2n) is 6.62. The van der Waals surface area contributed by atoms with Crippen LogP contribution in [-0.2, 0) is 11.2 Å². The molecule has 2 aromatic rings. The van der Waals surface area contributed by atoms with E-state index in [0.717, 1.165) is 32.4 Å². The molecule has 2 aromatic carbocycles. The number of nitrogens with one attached hydrogen (secondary N) is 2. The Morgan fingerprint density at radius 3 is 2.54 bits per heavy atom. The molecule has 1 amide bonds. The number of amides is 1. The van der Waals surface area contributed by atoms with Crippen LogP contribution in [0.15, 0.2) is 54.6 Å². The van der Waals surface area contributed by atoms with Crippen molar-refractivity contribution >= 4 is 11.6 Å². The van der Waals surface area contributed by atoms with Crippen molar-refractivity contribution in [2.75, 3.05) is 25.0 Å². The van der Waals surface area contributed by atoms with Crippen molar-refractivity contribution in [3.8, 4) is 0 Å². The third-order valence-electron chi connectivity index (χ3n) is 4.70. The number of halogens is 1. The lowest BCUT2D eigenvalue weighted by Gasteiger charge is -2.29. The number of carbonyl (C=O) groups excluding carboxylic acids is 1. The zero-order valence-corrected chi connectivity index (χ0v) is 13.8. The number of hydrogen-bond donors (Lipinski definition) is 2. The molecule has 1 aliphatic rings. The van der Waals surface area contributed by atoms with Crippen LogP contribution in [0, 0.1) is 11.7 Å². The van der Waals surface area contributed by atoms with E-state index in [1.54, 1.807) is 12.1 Å². The molecule has 0 bridgehead atoms. The Kier molecular flexibility index (Phi) is 5.59. The average Bonchev–Trinajstić information content (AvgIpc) is 2.57. The van der Waals surface area contributed by atoms with Crippen LogP contribution in [0.4, 0.5) is 10.1 Å². The Hall–Kier alpha value is -2.20. The van der Waals surface area contributed by atoms with Crippen molar-refractivity contribution < 1.29 is 14.1 Å². The van der Waals surface area contributed by atoms with E-state index >= 15 is 0 Å². The van der Waals surface area contributed by atoms with Gasteiger partial charge in [-0.15, -0.1) is 0 Å². The zero-order chi connectivity index (χ0) is 16.8. The molecule has 0 aromatic heterocycles. The maximum absolute atomic E-state index is 13.1. The summed E-state index contributed by atoms with van der Waals surface area (Å²) in [6.45, 7) is 2.50. The largest absolute Gasteiger partial charge is 0.327 e. The molecular formula is C20H24FN2O+. The molecule has 3 nitrogen and oxygen atoms in total. The first-order chi connectivity index (χ1) is 11.7. The minimum Gasteiger partial charge on any atom is -0.327 e. The summed E-state index contributed by atoms with van der Waals surface area (Å²) in [6, 6.07) is 16.6. The molecule has 1 heterocycles. The molecule has 2 N–H and O–H groups in total. The summed E-state index contributed by atoms with van der Waals surface area (Å²) >= 11 is 0. The highest BCUT2D eigenvalue weighted by molar-refractivity contribution is 5.91. The summed E-state index contributed by atoms with van der Waals surface area (Å²) in [5.41, 5.74) is 1.92. The second-order valence-corrected chi connectivity index (χ2v) is 6.62. The molecular weight excluding hydrogens is 303 g/mol. The molecule has 1 fully saturated rings. The Balaban J connectivity index is 1.42. The Labute approximate surface area is 142 Å². The van der Waals surface area contributed by atoms with Crippen LogP contribution in [0.2, 0.25) is 0 Å². The van der Waals surface area contributed by atoms with Gasteiger partial charge in [0, 0.05) is 5.69 Å². The van der Waals surface area contributed by atoms with E-state index in [4.69, 9.17) is 0 Å². The number of anilines is 1. The fourth-order valence-electron chi connectivity index (χ4n) is 3.41. The Morgan fingerprint density at radius 2 is 1.83 bits per heavy atom. The molecule has 0 saturated carbocycles. The normalized spacial score (nSPS) is 20.5. The van der Waals surface area contributed by atoms with E-state index in [1.165, 1.54) is 22.6 Å². The maximum Gasteiger partial charge on any atom is 0.279 e. The molecule has 0 aliphatic carbocycles. The standard InChI is InChI=1S/C20H23FN2O/c21-18-7-4-8-19(14-18)22-20(24)15-23-11-9-17(10-12-23)13-16-5-2-1-3-6-16/h1-8,14,17H,9-13,15H2,(H,22,24)/p+1. The number of benzene rings is 2. The van der Waals surface area contributed by atoms with Gasteiger partial charge in [-0.3, -0.25) is 4.79 Å². The number of quaternary nitrogens is 1. The molecule has 0 radical (unpaired) electrons. The van der Waals surface area contributed by atoms with E-state index in [1.807, 2.05) is 6.07 Å². The highest BCUT2D eigenvalue weighted by Gasteiger charge is 2.24. The third kappa shape index (κ3) is 4.90. The van der Waals surface area contributed by atoms with Gasteiger partial charge in [0.1, 0.15) is 5.82 Å². The lowest BCUT2D eigenvalue weighted by molar-refractivity contribution is -0.898. The van der Waals surface area contributed by atoms with Crippen molar-refractivity contribution in [1.29, 1.82) is 0 Å². The molecule has 4 heteroatoms. The van der Waals surface area contributed by atoms with Crippen LogP contribution in [0.25, 0.3) is 0 Å². The van der Waals surface area contributed by atoms with Crippen LogP contribution in [0.5, 0.6) is 0 Å². The summed E-state index contributed by atoms with van der Waals surface area (Å²) in [5, 5.41) is 2.78. The molecule has 1 aliphatic heterocycles. The first kappa shape index (κ1) is 16.7. The predicted molar refractivity (Wildman–Crippen MR) is 93.5 cm³/mol. The van der Waals surface area contributed by atoms with E-state index in [9.17, 15) is 9.18 Å². The monoisotopic (exact) mass is 327 g/mol. The van der Waals surface area contributed by atoms with E-state index < -0.39 is 0 Å². The molecule has 0 unspecified atom stereocenters. The van der Waals surface area contributed by atoms with Crippen LogP contribution in [-0.4, -0.2) is 25.5 Å². The fourth-order valence-corrected chi connectivity index (χ4v) is 3.41. The quantitative estimate of drug-likeness (QED) is 0.868. The van der Waals surface area contributed by atoms with Gasteiger partial charge in [-0.1, -0.05) is 36.4 Å². The first-order valence-electron chi connectivity index (χ1n) is 8.62. The highest BCUT2D eigenvalue weighted by Crippen LogP contribution is 2.16. The molecule has 0 atom stereocenters. The molecule has 126 valence electrons. The van der Waals surface area contributed by atoms with Crippen molar-refractivity contribution in [2.45, 2.75) is 19.3 Å². The highest BCUT2D eigenvalue weighted by atomic mass is 19.1. The van der Waals surface area contributed by atoms with Gasteiger partial charge in [-0.25, -0.2) is 4.39 Å². The lowest BCUT2D eigenvalue weighted by Crippen LogP contribution is -3.14. The summed E-state index contributed by atoms with van der Waals surface area (Å²) in [4.78, 5) is 13.4. The van der Waals surface area contributed by atoms with Crippen molar-refractivity contribution in [3.05, 3.63) is 66.0 Å². The summed E-state index contributed by atoms with van der Waals surface area (Å²) < 4.78 is 13.1. The van der Waals surface area contributed by atoms with E-state index in [-0.39, 0.29) is 11.7 Å². The number of hydrogen-bond acceptors (Lipinski definition) is 1. The van der Waals surface area contributed by atoms with Gasteiger partial charge in [0.05, 0.1) is 13.1 Å². The smallest absolute Gasteiger partial charge is 0.279 e. The average molecular weight is 327 g/mol. The van der Waals surface area contributed by atoms with Gasteiger partial charge >= 0.3 is 0 Å². The van der Waals surface area contributed by atoms with Crippen LogP contribution < -0.4 is 10.2 Å².